The first-order valence-corrected chi connectivity index (χ1v) is 5.66. The van der Waals surface area contributed by atoms with Gasteiger partial charge in [-0.25, -0.2) is 0 Å². The normalized spacial score (nSPS) is 27.6. The molecule has 1 unspecified atom stereocenters. The summed E-state index contributed by atoms with van der Waals surface area (Å²) in [5.41, 5.74) is -1.12. The molecule has 0 spiro atoms. The maximum absolute atomic E-state index is 12.1. The molecule has 1 aliphatic carbocycles. The molecule has 2 fully saturated rings. The van der Waals surface area contributed by atoms with Crippen molar-refractivity contribution < 1.29 is 19.4 Å². The van der Waals surface area contributed by atoms with E-state index in [0.717, 1.165) is 12.8 Å². The molecule has 1 aliphatic heterocycles. The molecule has 1 amide bonds. The second kappa shape index (κ2) is 4.05. The van der Waals surface area contributed by atoms with E-state index in [4.69, 9.17) is 9.84 Å². The average molecular weight is 227 g/mol. The van der Waals surface area contributed by atoms with Crippen LogP contribution >= 0.6 is 0 Å². The Hall–Kier alpha value is -1.10. The molecule has 2 rings (SSSR count). The summed E-state index contributed by atoms with van der Waals surface area (Å²) in [7, 11) is 1.62. The monoisotopic (exact) mass is 227 g/mol. The number of rotatable bonds is 3. The molecule has 2 aliphatic rings. The quantitative estimate of drug-likeness (QED) is 0.712. The molecule has 0 aromatic carbocycles. The number of amides is 1. The first-order chi connectivity index (χ1) is 7.60. The number of hydrogen-bond donors (Lipinski definition) is 1. The van der Waals surface area contributed by atoms with Gasteiger partial charge < -0.3 is 14.7 Å². The van der Waals surface area contributed by atoms with Gasteiger partial charge in [-0.2, -0.15) is 0 Å². The number of carboxylic acids is 1. The van der Waals surface area contributed by atoms with E-state index in [1.807, 2.05) is 0 Å². The molecule has 1 N–H and O–H groups in total. The number of nitrogens with zero attached hydrogens (tertiary/aromatic N) is 1. The molecule has 0 aromatic heterocycles. The van der Waals surface area contributed by atoms with Crippen LogP contribution in [0.5, 0.6) is 0 Å². The second-order valence-corrected chi connectivity index (χ2v) is 4.64. The summed E-state index contributed by atoms with van der Waals surface area (Å²) in [4.78, 5) is 25.0. The van der Waals surface area contributed by atoms with Crippen molar-refractivity contribution in [3.8, 4) is 0 Å². The molecule has 5 nitrogen and oxygen atoms in total. The Bertz CT molecular complexity index is 311. The molecule has 0 aromatic rings. The molecular formula is C11H17NO4. The Labute approximate surface area is 94.4 Å². The van der Waals surface area contributed by atoms with Gasteiger partial charge >= 0.3 is 5.97 Å². The largest absolute Gasteiger partial charge is 0.480 e. The van der Waals surface area contributed by atoms with E-state index in [2.05, 4.69) is 0 Å². The van der Waals surface area contributed by atoms with E-state index in [-0.39, 0.29) is 12.0 Å². The molecule has 0 bridgehead atoms. The molecule has 1 saturated heterocycles. The lowest BCUT2D eigenvalue weighted by molar-refractivity contribution is -0.167. The van der Waals surface area contributed by atoms with Gasteiger partial charge in [-0.15, -0.1) is 0 Å². The standard InChI is InChI=1S/C11H17NO4/c1-16-8-3-6-12(7-8)9(13)11(10(14)15)4-2-5-11/h8H,2-7H2,1H3,(H,14,15). The summed E-state index contributed by atoms with van der Waals surface area (Å²) >= 11 is 0. The predicted octanol–water partition coefficient (Wildman–Crippen LogP) is 0.489. The van der Waals surface area contributed by atoms with E-state index < -0.39 is 11.4 Å². The third-order valence-electron chi connectivity index (χ3n) is 3.79. The number of ether oxygens (including phenoxy) is 1. The Balaban J connectivity index is 2.05. The number of hydrogen-bond acceptors (Lipinski definition) is 3. The minimum absolute atomic E-state index is 0.0647. The maximum atomic E-state index is 12.1. The third-order valence-corrected chi connectivity index (χ3v) is 3.79. The van der Waals surface area contributed by atoms with Crippen molar-refractivity contribution in [3.63, 3.8) is 0 Å². The van der Waals surface area contributed by atoms with Crippen LogP contribution in [0.25, 0.3) is 0 Å². The average Bonchev–Trinajstić information content (AvgIpc) is 2.62. The first-order valence-electron chi connectivity index (χ1n) is 5.66. The Morgan fingerprint density at radius 3 is 2.50 bits per heavy atom. The summed E-state index contributed by atoms with van der Waals surface area (Å²) in [5, 5.41) is 9.16. The second-order valence-electron chi connectivity index (χ2n) is 4.64. The number of methoxy groups -OCH3 is 1. The molecule has 16 heavy (non-hydrogen) atoms. The molecule has 0 radical (unpaired) electrons. The van der Waals surface area contributed by atoms with Gasteiger partial charge in [0.2, 0.25) is 5.91 Å². The smallest absolute Gasteiger partial charge is 0.319 e. The van der Waals surface area contributed by atoms with Crippen LogP contribution in [-0.2, 0) is 14.3 Å². The molecule has 1 saturated carbocycles. The van der Waals surface area contributed by atoms with Crippen molar-refractivity contribution in [2.75, 3.05) is 20.2 Å². The highest BCUT2D eigenvalue weighted by Crippen LogP contribution is 2.43. The van der Waals surface area contributed by atoms with Crippen molar-refractivity contribution in [1.82, 2.24) is 4.90 Å². The number of carbonyl (C=O) groups is 2. The summed E-state index contributed by atoms with van der Waals surface area (Å²) in [6, 6.07) is 0. The topological polar surface area (TPSA) is 66.8 Å². The third kappa shape index (κ3) is 1.59. The van der Waals surface area contributed by atoms with Crippen LogP contribution in [0.4, 0.5) is 0 Å². The molecule has 5 heteroatoms. The molecule has 1 atom stereocenters. The van der Waals surface area contributed by atoms with E-state index >= 15 is 0 Å². The first kappa shape index (κ1) is 11.4. The molecular weight excluding hydrogens is 210 g/mol. The van der Waals surface area contributed by atoms with Crippen molar-refractivity contribution >= 4 is 11.9 Å². The van der Waals surface area contributed by atoms with Gasteiger partial charge in [0, 0.05) is 20.2 Å². The Morgan fingerprint density at radius 1 is 1.44 bits per heavy atom. The van der Waals surface area contributed by atoms with Gasteiger partial charge in [-0.3, -0.25) is 9.59 Å². The van der Waals surface area contributed by atoms with Crippen LogP contribution < -0.4 is 0 Å². The van der Waals surface area contributed by atoms with Gasteiger partial charge in [0.25, 0.3) is 0 Å². The lowest BCUT2D eigenvalue weighted by Crippen LogP contribution is -2.52. The molecule has 1 heterocycles. The number of carbonyl (C=O) groups excluding carboxylic acids is 1. The number of aliphatic carboxylic acids is 1. The number of likely N-dealkylation sites (tertiary alicyclic amines) is 1. The fourth-order valence-corrected chi connectivity index (χ4v) is 2.46. The fraction of sp³-hybridized carbons (Fsp3) is 0.818. The zero-order chi connectivity index (χ0) is 11.8. The van der Waals surface area contributed by atoms with Gasteiger partial charge in [0.15, 0.2) is 0 Å². The summed E-state index contributed by atoms with van der Waals surface area (Å²) in [5.74, 6) is -1.18. The lowest BCUT2D eigenvalue weighted by atomic mass is 9.68. The SMILES string of the molecule is COC1CCN(C(=O)C2(C(=O)O)CCC2)C1. The van der Waals surface area contributed by atoms with Crippen LogP contribution in [0.3, 0.4) is 0 Å². The lowest BCUT2D eigenvalue weighted by Gasteiger charge is -2.38. The zero-order valence-corrected chi connectivity index (χ0v) is 9.44. The van der Waals surface area contributed by atoms with E-state index in [9.17, 15) is 9.59 Å². The van der Waals surface area contributed by atoms with Gasteiger partial charge in [0.1, 0.15) is 5.41 Å². The predicted molar refractivity (Wildman–Crippen MR) is 55.9 cm³/mol. The number of carboxylic acid groups (broad SMARTS) is 1. The van der Waals surface area contributed by atoms with Gasteiger partial charge in [-0.1, -0.05) is 6.42 Å². The zero-order valence-electron chi connectivity index (χ0n) is 9.44. The van der Waals surface area contributed by atoms with Gasteiger partial charge in [0.05, 0.1) is 6.10 Å². The summed E-state index contributed by atoms with van der Waals surface area (Å²) in [6.07, 6.45) is 2.66. The van der Waals surface area contributed by atoms with E-state index in [0.29, 0.717) is 25.9 Å². The highest BCUT2D eigenvalue weighted by Gasteiger charge is 2.53. The van der Waals surface area contributed by atoms with Crippen LogP contribution in [0.15, 0.2) is 0 Å². The van der Waals surface area contributed by atoms with Crippen LogP contribution in [-0.4, -0.2) is 48.2 Å². The Morgan fingerprint density at radius 2 is 2.12 bits per heavy atom. The maximum Gasteiger partial charge on any atom is 0.319 e. The fourth-order valence-electron chi connectivity index (χ4n) is 2.46. The van der Waals surface area contributed by atoms with E-state index in [1.54, 1.807) is 12.0 Å². The van der Waals surface area contributed by atoms with Crippen molar-refractivity contribution in [2.45, 2.75) is 31.8 Å². The Kier molecular flexibility index (Phi) is 2.88. The summed E-state index contributed by atoms with van der Waals surface area (Å²) in [6.45, 7) is 1.15. The van der Waals surface area contributed by atoms with Crippen LogP contribution in [0, 0.1) is 5.41 Å². The van der Waals surface area contributed by atoms with E-state index in [1.165, 1.54) is 0 Å². The van der Waals surface area contributed by atoms with Crippen molar-refractivity contribution in [3.05, 3.63) is 0 Å². The van der Waals surface area contributed by atoms with Crippen molar-refractivity contribution in [1.29, 1.82) is 0 Å². The highest BCUT2D eigenvalue weighted by atomic mass is 16.5. The van der Waals surface area contributed by atoms with Crippen molar-refractivity contribution in [2.24, 2.45) is 5.41 Å². The minimum atomic E-state index is -1.12. The minimum Gasteiger partial charge on any atom is -0.480 e. The van der Waals surface area contributed by atoms with Gasteiger partial charge in [-0.05, 0) is 19.3 Å². The molecule has 90 valence electrons. The highest BCUT2D eigenvalue weighted by molar-refractivity contribution is 6.02. The summed E-state index contributed by atoms with van der Waals surface area (Å²) < 4.78 is 5.18. The van der Waals surface area contributed by atoms with Crippen LogP contribution in [0.2, 0.25) is 0 Å². The van der Waals surface area contributed by atoms with Crippen LogP contribution in [0.1, 0.15) is 25.7 Å².